The van der Waals surface area contributed by atoms with Crippen LogP contribution in [0.15, 0.2) is 264 Å². The number of benzene rings is 10. The summed E-state index contributed by atoms with van der Waals surface area (Å²) in [4.78, 5) is 70.7. The van der Waals surface area contributed by atoms with Crippen molar-refractivity contribution in [2.24, 2.45) is 0 Å². The van der Waals surface area contributed by atoms with Crippen molar-refractivity contribution < 1.29 is 47.7 Å². The van der Waals surface area contributed by atoms with Crippen molar-refractivity contribution in [3.05, 3.63) is 302 Å². The first-order chi connectivity index (χ1) is 46.8. The SMILES string of the molecule is Cc1cc(N(C(=O)c2cc(C(=O)N(c3cnc(-c4[c-]ccc(Br)c4)c(C)c3)c3cccc4oc5ccccc5c34)cc(C(=O)N(c3cnc(-c4[c-]ccc(Br)c4)c(C)c3)c3cccc4oc5ccccc5c34)c2)c2cccc3oc4ccccc4c23)cnc1-c1[c-]ccc(Br)c1.[Ir+3]. The summed E-state index contributed by atoms with van der Waals surface area (Å²) in [5, 5.41) is 4.26. The molecule has 16 heteroatoms. The summed E-state index contributed by atoms with van der Waals surface area (Å²) < 4.78 is 22.1. The van der Waals surface area contributed by atoms with Gasteiger partial charge in [0.1, 0.15) is 33.5 Å². The summed E-state index contributed by atoms with van der Waals surface area (Å²) in [6, 6.07) is 77.0. The van der Waals surface area contributed by atoms with E-state index in [2.05, 4.69) is 66.0 Å². The number of anilines is 6. The van der Waals surface area contributed by atoms with Crippen molar-refractivity contribution in [1.29, 1.82) is 0 Å². The molecule has 3 amide bonds. The van der Waals surface area contributed by atoms with Gasteiger partial charge in [-0.1, -0.05) is 151 Å². The number of hydrogen-bond acceptors (Lipinski definition) is 9. The van der Waals surface area contributed by atoms with E-state index in [1.165, 1.54) is 0 Å². The first kappa shape index (κ1) is 62.7. The first-order valence-corrected chi connectivity index (χ1v) is 33.0. The Labute approximate surface area is 594 Å². The zero-order valence-electron chi connectivity index (χ0n) is 51.6. The van der Waals surface area contributed by atoms with Crippen LogP contribution in [-0.2, 0) is 20.1 Å². The molecule has 0 spiro atoms. The summed E-state index contributed by atoms with van der Waals surface area (Å²) in [6.45, 7) is 5.80. The molecule has 0 aliphatic heterocycles. The third-order valence-electron chi connectivity index (χ3n) is 17.2. The van der Waals surface area contributed by atoms with Gasteiger partial charge in [-0.15, -0.1) is 89.5 Å². The number of pyridine rings is 3. The molecule has 0 bridgehead atoms. The number of hydrogen-bond donors (Lipinski definition) is 0. The van der Waals surface area contributed by atoms with E-state index in [1.807, 2.05) is 221 Å². The van der Waals surface area contributed by atoms with Crippen LogP contribution in [0.1, 0.15) is 47.8 Å². The number of para-hydroxylation sites is 3. The predicted octanol–water partition coefficient (Wildman–Crippen LogP) is 22.1. The first-order valence-electron chi connectivity index (χ1n) is 30.6. The average Bonchev–Trinajstić information content (AvgIpc) is 1.69. The topological polar surface area (TPSA) is 139 Å². The van der Waals surface area contributed by atoms with Crippen LogP contribution in [0.3, 0.4) is 0 Å². The Morgan fingerprint density at radius 1 is 0.351 bits per heavy atom. The maximum atomic E-state index is 16.9. The normalized spacial score (nSPS) is 11.4. The van der Waals surface area contributed by atoms with Crippen molar-refractivity contribution in [2.45, 2.75) is 20.8 Å². The second kappa shape index (κ2) is 25.6. The fraction of sp³-hybridized carbons (Fsp3) is 0.0370. The molecule has 0 fully saturated rings. The van der Waals surface area contributed by atoms with Gasteiger partial charge in [-0.3, -0.25) is 29.1 Å². The molecule has 0 aliphatic rings. The number of fused-ring (bicyclic) bond motifs is 9. The smallest absolute Gasteiger partial charge is 0.456 e. The minimum atomic E-state index is -0.595. The maximum Gasteiger partial charge on any atom is 3.00 e. The Bertz CT molecular complexity index is 5320. The van der Waals surface area contributed by atoms with E-state index in [-0.39, 0.29) is 36.8 Å². The molecular weight excluding hydrogens is 1580 g/mol. The van der Waals surface area contributed by atoms with E-state index in [0.29, 0.717) is 101 Å². The predicted molar refractivity (Wildman–Crippen MR) is 390 cm³/mol. The van der Waals surface area contributed by atoms with E-state index in [9.17, 15) is 0 Å². The fourth-order valence-electron chi connectivity index (χ4n) is 12.9. The van der Waals surface area contributed by atoms with Crippen molar-refractivity contribution in [3.63, 3.8) is 0 Å². The minimum Gasteiger partial charge on any atom is -0.456 e. The quantitative estimate of drug-likeness (QED) is 0.109. The van der Waals surface area contributed by atoms with Gasteiger partial charge >= 0.3 is 20.1 Å². The van der Waals surface area contributed by atoms with Crippen molar-refractivity contribution in [1.82, 2.24) is 15.0 Å². The number of rotatable bonds is 12. The van der Waals surface area contributed by atoms with E-state index >= 15 is 14.4 Å². The largest absolute Gasteiger partial charge is 3.00 e. The van der Waals surface area contributed by atoms with Gasteiger partial charge in [0.2, 0.25) is 0 Å². The van der Waals surface area contributed by atoms with Crippen LogP contribution in [0.2, 0.25) is 0 Å². The molecule has 6 heterocycles. The van der Waals surface area contributed by atoms with Gasteiger partial charge in [-0.05, 0) is 129 Å². The van der Waals surface area contributed by atoms with Crippen LogP contribution in [0.5, 0.6) is 0 Å². The Kier molecular flexibility index (Phi) is 16.5. The molecule has 97 heavy (non-hydrogen) atoms. The summed E-state index contributed by atoms with van der Waals surface area (Å²) in [5.41, 5.74) is 12.4. The minimum absolute atomic E-state index is 0. The molecular formula is C81H48Br3IrN6O6. The van der Waals surface area contributed by atoms with Crippen LogP contribution in [-0.4, -0.2) is 32.7 Å². The number of furan rings is 3. The second-order valence-corrected chi connectivity index (χ2v) is 26.1. The van der Waals surface area contributed by atoms with E-state index in [4.69, 9.17) is 28.2 Å². The monoisotopic (exact) mass is 1630 g/mol. The number of aromatic nitrogens is 3. The van der Waals surface area contributed by atoms with Crippen molar-refractivity contribution in [2.75, 3.05) is 14.7 Å². The molecule has 10 aromatic carbocycles. The number of amides is 3. The molecule has 16 rings (SSSR count). The van der Waals surface area contributed by atoms with E-state index in [1.54, 1.807) is 51.5 Å². The third-order valence-corrected chi connectivity index (χ3v) is 18.6. The summed E-state index contributed by atoms with van der Waals surface area (Å²) in [6.07, 6.45) is 4.96. The van der Waals surface area contributed by atoms with Gasteiger partial charge < -0.3 is 28.2 Å². The van der Waals surface area contributed by atoms with Crippen molar-refractivity contribution in [3.8, 4) is 33.8 Å². The summed E-state index contributed by atoms with van der Waals surface area (Å²) in [7, 11) is 0. The summed E-state index contributed by atoms with van der Waals surface area (Å²) in [5.74, 6) is -1.78. The number of carbonyl (C=O) groups excluding carboxylic acids is 3. The van der Waals surface area contributed by atoms with Crippen LogP contribution in [0.25, 0.3) is 99.6 Å². The van der Waals surface area contributed by atoms with Gasteiger partial charge in [0, 0.05) is 51.4 Å². The fourth-order valence-corrected chi connectivity index (χ4v) is 14.0. The zero-order valence-corrected chi connectivity index (χ0v) is 58.8. The van der Waals surface area contributed by atoms with Gasteiger partial charge in [0.15, 0.2) is 0 Å². The Balaban J connectivity index is 0.00000770. The van der Waals surface area contributed by atoms with Crippen LogP contribution in [0.4, 0.5) is 34.1 Å². The molecule has 12 nitrogen and oxygen atoms in total. The Morgan fingerprint density at radius 3 is 0.907 bits per heavy atom. The molecule has 16 aromatic rings. The molecule has 0 saturated heterocycles. The molecule has 6 aromatic heterocycles. The number of carbonyl (C=O) groups is 3. The van der Waals surface area contributed by atoms with Crippen molar-refractivity contribution >= 4 is 165 Å². The second-order valence-electron chi connectivity index (χ2n) is 23.3. The average molecular weight is 1630 g/mol. The maximum absolute atomic E-state index is 16.9. The molecule has 0 unspecified atom stereocenters. The van der Waals surface area contributed by atoms with Crippen LogP contribution >= 0.6 is 47.8 Å². The van der Waals surface area contributed by atoms with Gasteiger partial charge in [0.05, 0.1) is 50.3 Å². The van der Waals surface area contributed by atoms with Crippen LogP contribution in [0, 0.1) is 39.0 Å². The van der Waals surface area contributed by atoms with Gasteiger partial charge in [-0.2, -0.15) is 0 Å². The molecule has 0 saturated carbocycles. The molecule has 0 atom stereocenters. The molecule has 0 N–H and O–H groups in total. The summed E-state index contributed by atoms with van der Waals surface area (Å²) >= 11 is 10.9. The number of aryl methyl sites for hydroxylation is 3. The molecule has 0 radical (unpaired) electrons. The van der Waals surface area contributed by atoms with Gasteiger partial charge in [-0.25, -0.2) is 0 Å². The van der Waals surface area contributed by atoms with Gasteiger partial charge in [0.25, 0.3) is 17.7 Å². The molecule has 468 valence electrons. The third kappa shape index (κ3) is 11.3. The zero-order chi connectivity index (χ0) is 65.5. The van der Waals surface area contributed by atoms with E-state index < -0.39 is 17.7 Å². The number of nitrogens with zero attached hydrogens (tertiary/aromatic N) is 6. The Morgan fingerprint density at radius 2 is 0.629 bits per heavy atom. The Hall–Kier alpha value is -10.5. The number of halogens is 3. The van der Waals surface area contributed by atoms with E-state index in [0.717, 1.165) is 63.0 Å². The molecule has 0 aliphatic carbocycles. The van der Waals surface area contributed by atoms with Crippen LogP contribution < -0.4 is 14.7 Å². The standard InChI is InChI=1S/C81H48Br3N6O6.Ir/c1-46-34-58(43-85-76(46)49-16-10-19-55(82)40-49)88(64-25-13-31-70-73(64)61-22-4-7-28-67(61)94-70)79(91)52-37-53(80(92)89(59-35-47(2)77(86-44-59)50-17-11-20-56(83)41-50)65-26-14-32-71-74(65)62-23-5-8-29-68(62)95-71)39-54(38-52)81(93)90(60-36-48(3)78(87-45-60)51-18-12-21-57(84)42-51)66-27-15-33-72-75(66)63-24-6-9-30-69(63)96-72;/h4-15,19-45H,1-3H3;/q-3;+3.